The third-order valence-corrected chi connectivity index (χ3v) is 3.85. The van der Waals surface area contributed by atoms with E-state index in [9.17, 15) is 18.0 Å². The molecule has 3 aromatic rings. The lowest BCUT2D eigenvalue weighted by Gasteiger charge is -2.13. The van der Waals surface area contributed by atoms with Crippen LogP contribution in [0.15, 0.2) is 78.9 Å². The summed E-state index contributed by atoms with van der Waals surface area (Å²) in [6.45, 7) is -0.239. The average Bonchev–Trinajstić information content (AvgIpc) is 2.68. The van der Waals surface area contributed by atoms with Crippen molar-refractivity contribution in [1.29, 1.82) is 0 Å². The molecule has 0 saturated carbocycles. The molecule has 0 atom stereocenters. The second-order valence-corrected chi connectivity index (χ2v) is 5.90. The molecule has 0 radical (unpaired) electrons. The van der Waals surface area contributed by atoms with E-state index in [0.717, 1.165) is 6.07 Å². The van der Waals surface area contributed by atoms with Crippen molar-refractivity contribution < 1.29 is 22.7 Å². The molecule has 0 spiro atoms. The smallest absolute Gasteiger partial charge is 0.416 e. The second-order valence-electron chi connectivity index (χ2n) is 5.90. The van der Waals surface area contributed by atoms with Gasteiger partial charge in [-0.1, -0.05) is 36.4 Å². The number of carbonyl (C=O) groups is 1. The predicted octanol–water partition coefficient (Wildman–Crippen LogP) is 5.82. The number of rotatable bonds is 5. The van der Waals surface area contributed by atoms with Crippen molar-refractivity contribution in [3.8, 4) is 11.5 Å². The molecule has 0 fully saturated rings. The van der Waals surface area contributed by atoms with Gasteiger partial charge in [-0.3, -0.25) is 0 Å². The number of anilines is 1. The Morgan fingerprint density at radius 3 is 2.11 bits per heavy atom. The maximum absolute atomic E-state index is 13.0. The molecule has 0 aliphatic heterocycles. The molecule has 7 heteroatoms. The van der Waals surface area contributed by atoms with Crippen LogP contribution in [-0.2, 0) is 12.7 Å². The highest BCUT2D eigenvalue weighted by Gasteiger charge is 2.32. The number of hydrogen-bond donors (Lipinski definition) is 2. The third-order valence-electron chi connectivity index (χ3n) is 3.85. The minimum absolute atomic E-state index is 0.00300. The first-order valence-corrected chi connectivity index (χ1v) is 8.45. The van der Waals surface area contributed by atoms with E-state index in [0.29, 0.717) is 17.2 Å². The summed E-state index contributed by atoms with van der Waals surface area (Å²) in [7, 11) is 0. The fourth-order valence-electron chi connectivity index (χ4n) is 2.53. The van der Waals surface area contributed by atoms with E-state index >= 15 is 0 Å². The molecule has 2 amide bonds. The van der Waals surface area contributed by atoms with Gasteiger partial charge in [0.15, 0.2) is 0 Å². The number of hydrogen-bond acceptors (Lipinski definition) is 2. The Hall–Kier alpha value is -3.48. The maximum Gasteiger partial charge on any atom is 0.416 e. The number of halogens is 3. The Labute approximate surface area is 160 Å². The molecule has 28 heavy (non-hydrogen) atoms. The lowest BCUT2D eigenvalue weighted by molar-refractivity contribution is -0.138. The Morgan fingerprint density at radius 1 is 0.821 bits per heavy atom. The highest BCUT2D eigenvalue weighted by atomic mass is 19.4. The molecule has 0 aliphatic rings. The van der Waals surface area contributed by atoms with Crippen LogP contribution in [0.3, 0.4) is 0 Å². The van der Waals surface area contributed by atoms with E-state index < -0.39 is 17.8 Å². The second kappa shape index (κ2) is 8.47. The van der Waals surface area contributed by atoms with Gasteiger partial charge in [-0.2, -0.15) is 13.2 Å². The summed E-state index contributed by atoms with van der Waals surface area (Å²) in [4.78, 5) is 12.0. The summed E-state index contributed by atoms with van der Waals surface area (Å²) in [5.41, 5.74) is -0.281. The van der Waals surface area contributed by atoms with Gasteiger partial charge in [0, 0.05) is 12.2 Å². The normalized spacial score (nSPS) is 11.0. The van der Waals surface area contributed by atoms with Crippen LogP contribution in [0.25, 0.3) is 0 Å². The molecule has 0 bridgehead atoms. The minimum Gasteiger partial charge on any atom is -0.457 e. The zero-order valence-corrected chi connectivity index (χ0v) is 14.7. The van der Waals surface area contributed by atoms with Gasteiger partial charge in [0.05, 0.1) is 5.56 Å². The topological polar surface area (TPSA) is 50.4 Å². The fraction of sp³-hybridized carbons (Fsp3) is 0.0952. The minimum atomic E-state index is -4.47. The van der Waals surface area contributed by atoms with Crippen molar-refractivity contribution in [1.82, 2.24) is 5.32 Å². The molecule has 0 aliphatic carbocycles. The van der Waals surface area contributed by atoms with E-state index in [1.54, 1.807) is 24.3 Å². The molecule has 4 nitrogen and oxygen atoms in total. The van der Waals surface area contributed by atoms with Gasteiger partial charge in [0.25, 0.3) is 0 Å². The number of para-hydroxylation sites is 1. The van der Waals surface area contributed by atoms with E-state index in [1.807, 2.05) is 30.3 Å². The SMILES string of the molecule is O=C(NCc1ccccc1C(F)(F)F)Nc1ccc(Oc2ccccc2)cc1. The zero-order chi connectivity index (χ0) is 20.0. The van der Waals surface area contributed by atoms with Gasteiger partial charge in [-0.15, -0.1) is 0 Å². The molecule has 3 aromatic carbocycles. The Kier molecular flexibility index (Phi) is 5.84. The molecular weight excluding hydrogens is 369 g/mol. The fourth-order valence-corrected chi connectivity index (χ4v) is 2.53. The van der Waals surface area contributed by atoms with Crippen LogP contribution in [0.2, 0.25) is 0 Å². The van der Waals surface area contributed by atoms with E-state index in [4.69, 9.17) is 4.74 Å². The Morgan fingerprint density at radius 2 is 1.43 bits per heavy atom. The van der Waals surface area contributed by atoms with Crippen LogP contribution in [0.1, 0.15) is 11.1 Å². The molecular formula is C21H17F3N2O2. The van der Waals surface area contributed by atoms with Crippen molar-refractivity contribution in [3.05, 3.63) is 90.0 Å². The highest BCUT2D eigenvalue weighted by molar-refractivity contribution is 5.89. The van der Waals surface area contributed by atoms with E-state index in [-0.39, 0.29) is 12.1 Å². The lowest BCUT2D eigenvalue weighted by atomic mass is 10.1. The summed E-state index contributed by atoms with van der Waals surface area (Å²) in [6.07, 6.45) is -4.47. The molecule has 0 heterocycles. The van der Waals surface area contributed by atoms with Gasteiger partial charge in [0.1, 0.15) is 11.5 Å². The summed E-state index contributed by atoms with van der Waals surface area (Å²) in [5.74, 6) is 1.28. The quantitative estimate of drug-likeness (QED) is 0.581. The number of urea groups is 1. The summed E-state index contributed by atoms with van der Waals surface area (Å²) < 4.78 is 44.6. The molecule has 3 rings (SSSR count). The van der Waals surface area contributed by atoms with E-state index in [1.165, 1.54) is 18.2 Å². The van der Waals surface area contributed by atoms with Crippen molar-refractivity contribution in [2.24, 2.45) is 0 Å². The predicted molar refractivity (Wildman–Crippen MR) is 100 cm³/mol. The van der Waals surface area contributed by atoms with Gasteiger partial charge < -0.3 is 15.4 Å². The maximum atomic E-state index is 13.0. The summed E-state index contributed by atoms with van der Waals surface area (Å²) in [5, 5.41) is 5.01. The van der Waals surface area contributed by atoms with Crippen molar-refractivity contribution in [2.75, 3.05) is 5.32 Å². The number of amides is 2. The van der Waals surface area contributed by atoms with Gasteiger partial charge in [-0.25, -0.2) is 4.79 Å². The molecule has 144 valence electrons. The first-order chi connectivity index (χ1) is 13.4. The number of ether oxygens (including phenoxy) is 1. The standard InChI is InChI=1S/C21H17F3N2O2/c22-21(23,24)19-9-5-4-6-15(19)14-25-20(27)26-16-10-12-18(13-11-16)28-17-7-2-1-3-8-17/h1-13H,14H2,(H2,25,26,27). The van der Waals surface area contributed by atoms with Crippen LogP contribution in [-0.4, -0.2) is 6.03 Å². The first kappa shape index (κ1) is 19.3. The highest BCUT2D eigenvalue weighted by Crippen LogP contribution is 2.31. The number of alkyl halides is 3. The van der Waals surface area contributed by atoms with Crippen molar-refractivity contribution in [2.45, 2.75) is 12.7 Å². The first-order valence-electron chi connectivity index (χ1n) is 8.45. The average molecular weight is 386 g/mol. The zero-order valence-electron chi connectivity index (χ0n) is 14.7. The molecule has 0 aromatic heterocycles. The van der Waals surface area contributed by atoms with Gasteiger partial charge >= 0.3 is 12.2 Å². The monoisotopic (exact) mass is 386 g/mol. The van der Waals surface area contributed by atoms with E-state index in [2.05, 4.69) is 10.6 Å². The van der Waals surface area contributed by atoms with Crippen LogP contribution in [0.4, 0.5) is 23.7 Å². The Balaban J connectivity index is 1.56. The lowest BCUT2D eigenvalue weighted by Crippen LogP contribution is -2.29. The third kappa shape index (κ3) is 5.26. The number of carbonyl (C=O) groups excluding carboxylic acids is 1. The molecule has 0 unspecified atom stereocenters. The molecule has 2 N–H and O–H groups in total. The Bertz CT molecular complexity index is 926. The van der Waals surface area contributed by atoms with Crippen molar-refractivity contribution >= 4 is 11.7 Å². The molecule has 0 saturated heterocycles. The summed E-state index contributed by atoms with van der Waals surface area (Å²) >= 11 is 0. The van der Waals surface area contributed by atoms with Gasteiger partial charge in [-0.05, 0) is 48.0 Å². The van der Waals surface area contributed by atoms with Crippen LogP contribution in [0.5, 0.6) is 11.5 Å². The van der Waals surface area contributed by atoms with Gasteiger partial charge in [0.2, 0.25) is 0 Å². The van der Waals surface area contributed by atoms with Crippen molar-refractivity contribution in [3.63, 3.8) is 0 Å². The number of nitrogens with one attached hydrogen (secondary N) is 2. The van der Waals surface area contributed by atoms with Crippen LogP contribution in [0, 0.1) is 0 Å². The van der Waals surface area contributed by atoms with Crippen LogP contribution >= 0.6 is 0 Å². The summed E-state index contributed by atoms with van der Waals surface area (Å²) in [6, 6.07) is 20.4. The van der Waals surface area contributed by atoms with Crippen LogP contribution < -0.4 is 15.4 Å². The largest absolute Gasteiger partial charge is 0.457 e. The number of benzene rings is 3.